The summed E-state index contributed by atoms with van der Waals surface area (Å²) in [7, 11) is -2.43. The molecular weight excluding hydrogens is 408 g/mol. The van der Waals surface area contributed by atoms with Crippen LogP contribution in [0.5, 0.6) is 5.75 Å². The van der Waals surface area contributed by atoms with Crippen molar-refractivity contribution < 1.29 is 17.9 Å². The van der Waals surface area contributed by atoms with Gasteiger partial charge in [0.1, 0.15) is 10.6 Å². The maximum Gasteiger partial charge on any atom is 0.244 e. The Morgan fingerprint density at radius 2 is 1.90 bits per heavy atom. The monoisotopic (exact) mass is 436 g/mol. The summed E-state index contributed by atoms with van der Waals surface area (Å²) in [5, 5.41) is 4.99. The molecule has 1 aromatic carbocycles. The van der Waals surface area contributed by atoms with Gasteiger partial charge in [0.2, 0.25) is 15.9 Å². The Balaban J connectivity index is 1.64. The first-order valence-corrected chi connectivity index (χ1v) is 12.1. The van der Waals surface area contributed by atoms with Crippen LogP contribution in [0.4, 0.5) is 0 Å². The van der Waals surface area contributed by atoms with Crippen LogP contribution in [0.25, 0.3) is 0 Å². The molecule has 158 valence electrons. The van der Waals surface area contributed by atoms with E-state index in [0.717, 1.165) is 36.8 Å². The molecule has 0 atom stereocenters. The zero-order valence-corrected chi connectivity index (χ0v) is 18.7. The fourth-order valence-corrected chi connectivity index (χ4v) is 6.05. The molecule has 1 amide bonds. The summed E-state index contributed by atoms with van der Waals surface area (Å²) >= 11 is 1.72. The molecule has 3 rings (SSSR count). The Hall–Kier alpha value is -1.90. The predicted molar refractivity (Wildman–Crippen MR) is 115 cm³/mol. The number of benzene rings is 1. The van der Waals surface area contributed by atoms with Crippen LogP contribution in [-0.4, -0.2) is 34.5 Å². The highest BCUT2D eigenvalue weighted by molar-refractivity contribution is 7.89. The van der Waals surface area contributed by atoms with Gasteiger partial charge in [0.15, 0.2) is 0 Å². The minimum absolute atomic E-state index is 0.0278. The van der Waals surface area contributed by atoms with Crippen molar-refractivity contribution in [2.75, 3.05) is 20.2 Å². The number of amides is 1. The number of hydrogen-bond acceptors (Lipinski definition) is 5. The van der Waals surface area contributed by atoms with Crippen LogP contribution >= 0.6 is 11.3 Å². The topological polar surface area (TPSA) is 84.5 Å². The van der Waals surface area contributed by atoms with Crippen LogP contribution < -0.4 is 14.8 Å². The van der Waals surface area contributed by atoms with Gasteiger partial charge in [-0.25, -0.2) is 13.1 Å². The first kappa shape index (κ1) is 21.8. The van der Waals surface area contributed by atoms with Crippen molar-refractivity contribution in [1.82, 2.24) is 10.0 Å². The normalized spacial score (nSPS) is 16.0. The van der Waals surface area contributed by atoms with Gasteiger partial charge in [0.25, 0.3) is 0 Å². The first-order chi connectivity index (χ1) is 13.8. The van der Waals surface area contributed by atoms with Crippen LogP contribution in [0, 0.1) is 13.8 Å². The Kier molecular flexibility index (Phi) is 6.65. The number of thiophene rings is 1. The van der Waals surface area contributed by atoms with Gasteiger partial charge in [0.05, 0.1) is 13.7 Å². The second kappa shape index (κ2) is 8.85. The molecule has 0 radical (unpaired) electrons. The number of methoxy groups -OCH3 is 1. The summed E-state index contributed by atoms with van der Waals surface area (Å²) in [6.07, 6.45) is 4.37. The van der Waals surface area contributed by atoms with Gasteiger partial charge in [-0.05, 0) is 61.4 Å². The summed E-state index contributed by atoms with van der Waals surface area (Å²) in [6, 6.07) is 7.41. The summed E-state index contributed by atoms with van der Waals surface area (Å²) in [6.45, 7) is 3.95. The van der Waals surface area contributed by atoms with E-state index in [1.54, 1.807) is 23.5 Å². The van der Waals surface area contributed by atoms with E-state index in [4.69, 9.17) is 4.74 Å². The molecule has 2 aromatic rings. The van der Waals surface area contributed by atoms with Gasteiger partial charge in [0, 0.05) is 16.8 Å². The maximum atomic E-state index is 12.7. The molecule has 8 heteroatoms. The lowest BCUT2D eigenvalue weighted by molar-refractivity contribution is -0.120. The summed E-state index contributed by atoms with van der Waals surface area (Å²) < 4.78 is 33.1. The van der Waals surface area contributed by atoms with Gasteiger partial charge in [-0.1, -0.05) is 18.9 Å². The number of hydrogen-bond donors (Lipinski definition) is 2. The second-order valence-corrected chi connectivity index (χ2v) is 10.3. The Labute approximate surface area is 176 Å². The molecule has 1 aliphatic rings. The van der Waals surface area contributed by atoms with E-state index in [2.05, 4.69) is 21.5 Å². The molecular formula is C21H28N2O4S2. The molecule has 1 aromatic heterocycles. The number of carbonyl (C=O) groups is 1. The predicted octanol–water partition coefficient (Wildman–Crippen LogP) is 3.28. The van der Waals surface area contributed by atoms with Crippen LogP contribution in [0.15, 0.2) is 34.5 Å². The molecule has 0 bridgehead atoms. The third-order valence-corrected chi connectivity index (χ3v) is 8.26. The molecule has 0 unspecified atom stereocenters. The molecule has 1 saturated carbocycles. The van der Waals surface area contributed by atoms with Crippen molar-refractivity contribution in [1.29, 1.82) is 0 Å². The van der Waals surface area contributed by atoms with Gasteiger partial charge in [-0.3, -0.25) is 4.79 Å². The van der Waals surface area contributed by atoms with E-state index in [-0.39, 0.29) is 28.5 Å². The molecule has 0 aliphatic heterocycles. The van der Waals surface area contributed by atoms with E-state index in [9.17, 15) is 13.2 Å². The first-order valence-electron chi connectivity index (χ1n) is 9.73. The van der Waals surface area contributed by atoms with E-state index in [1.165, 1.54) is 12.0 Å². The van der Waals surface area contributed by atoms with Gasteiger partial charge >= 0.3 is 0 Å². The molecule has 1 fully saturated rings. The third kappa shape index (κ3) is 4.82. The third-order valence-electron chi connectivity index (χ3n) is 5.72. The fraction of sp³-hybridized carbons (Fsp3) is 0.476. The number of rotatable bonds is 8. The van der Waals surface area contributed by atoms with Gasteiger partial charge in [-0.15, -0.1) is 11.3 Å². The number of ether oxygens (including phenoxy) is 1. The molecule has 0 saturated heterocycles. The van der Waals surface area contributed by atoms with Crippen molar-refractivity contribution in [3.8, 4) is 5.75 Å². The summed E-state index contributed by atoms with van der Waals surface area (Å²) in [5.74, 6) is -0.0668. The molecule has 29 heavy (non-hydrogen) atoms. The Morgan fingerprint density at radius 3 is 2.52 bits per heavy atom. The van der Waals surface area contributed by atoms with Gasteiger partial charge in [-0.2, -0.15) is 0 Å². The minimum atomic E-state index is -3.87. The number of carbonyl (C=O) groups excluding carboxylic acids is 1. The van der Waals surface area contributed by atoms with Crippen molar-refractivity contribution in [2.24, 2.45) is 0 Å². The highest BCUT2D eigenvalue weighted by Gasteiger charge is 2.36. The fourth-order valence-electron chi connectivity index (χ4n) is 3.84. The smallest absolute Gasteiger partial charge is 0.244 e. The Bertz CT molecular complexity index is 963. The quantitative estimate of drug-likeness (QED) is 0.665. The molecule has 1 aliphatic carbocycles. The highest BCUT2D eigenvalue weighted by Crippen LogP contribution is 2.42. The maximum absolute atomic E-state index is 12.7. The van der Waals surface area contributed by atoms with Crippen molar-refractivity contribution in [3.05, 3.63) is 45.6 Å². The average Bonchev–Trinajstić information content (AvgIpc) is 3.39. The largest absolute Gasteiger partial charge is 0.495 e. The molecule has 1 heterocycles. The summed E-state index contributed by atoms with van der Waals surface area (Å²) in [4.78, 5) is 13.7. The minimum Gasteiger partial charge on any atom is -0.495 e. The van der Waals surface area contributed by atoms with E-state index < -0.39 is 10.0 Å². The van der Waals surface area contributed by atoms with Crippen LogP contribution in [0.2, 0.25) is 0 Å². The summed E-state index contributed by atoms with van der Waals surface area (Å²) in [5.41, 5.74) is 1.75. The SMILES string of the molecule is COc1cc(C)c(C)cc1S(=O)(=O)NCC(=O)NCC1(c2cccs2)CCCC1. The zero-order chi connectivity index (χ0) is 21.1. The van der Waals surface area contributed by atoms with Crippen LogP contribution in [0.1, 0.15) is 41.7 Å². The molecule has 2 N–H and O–H groups in total. The second-order valence-electron chi connectivity index (χ2n) is 7.65. The zero-order valence-electron chi connectivity index (χ0n) is 17.1. The van der Waals surface area contributed by atoms with Crippen LogP contribution in [0.3, 0.4) is 0 Å². The van der Waals surface area contributed by atoms with Crippen molar-refractivity contribution in [3.63, 3.8) is 0 Å². The number of nitrogens with one attached hydrogen (secondary N) is 2. The van der Waals surface area contributed by atoms with Crippen molar-refractivity contribution >= 4 is 27.3 Å². The standard InChI is InChI=1S/C21H28N2O4S2/c1-15-11-17(27-3)18(12-16(15)2)29(25,26)23-13-20(24)22-14-21(8-4-5-9-21)19-7-6-10-28-19/h6-7,10-12,23H,4-5,8-9,13-14H2,1-3H3,(H,22,24). The van der Waals surface area contributed by atoms with Gasteiger partial charge < -0.3 is 10.1 Å². The highest BCUT2D eigenvalue weighted by atomic mass is 32.2. The average molecular weight is 437 g/mol. The van der Waals surface area contributed by atoms with Crippen molar-refractivity contribution in [2.45, 2.75) is 49.8 Å². The number of aryl methyl sites for hydroxylation is 2. The molecule has 6 nitrogen and oxygen atoms in total. The molecule has 0 spiro atoms. The lowest BCUT2D eigenvalue weighted by Crippen LogP contribution is -2.43. The number of sulfonamides is 1. The lowest BCUT2D eigenvalue weighted by Gasteiger charge is -2.28. The van der Waals surface area contributed by atoms with E-state index in [1.807, 2.05) is 19.9 Å². The lowest BCUT2D eigenvalue weighted by atomic mass is 9.84. The van der Waals surface area contributed by atoms with E-state index >= 15 is 0 Å². The van der Waals surface area contributed by atoms with E-state index in [0.29, 0.717) is 6.54 Å². The Morgan fingerprint density at radius 1 is 1.21 bits per heavy atom. The van der Waals surface area contributed by atoms with Crippen LogP contribution in [-0.2, 0) is 20.2 Å².